The van der Waals surface area contributed by atoms with Crippen molar-refractivity contribution in [3.05, 3.63) is 0 Å². The maximum absolute atomic E-state index is 8.12. The van der Waals surface area contributed by atoms with E-state index in [0.29, 0.717) is 57.6 Å². The van der Waals surface area contributed by atoms with Crippen molar-refractivity contribution in [1.29, 1.82) is 2.86 Å². The van der Waals surface area contributed by atoms with Crippen LogP contribution in [0.5, 0.6) is 0 Å². The van der Waals surface area contributed by atoms with Gasteiger partial charge in [-0.3, -0.25) is 4.90 Å². The number of nitrogens with zero attached hydrogens (tertiary/aromatic N) is 1. The van der Waals surface area contributed by atoms with Gasteiger partial charge >= 0.3 is 43.0 Å². The largest absolute Gasteiger partial charge is 0.487 e. The van der Waals surface area contributed by atoms with Crippen LogP contribution in [0, 0.1) is 0 Å². The first-order valence-electron chi connectivity index (χ1n) is 16.7. The van der Waals surface area contributed by atoms with Crippen LogP contribution in [0.4, 0.5) is 0 Å². The molecule has 0 aromatic rings. The molecule has 0 spiro atoms. The predicted molar refractivity (Wildman–Crippen MR) is 255 cm³/mol. The average molecular weight is 878 g/mol. The van der Waals surface area contributed by atoms with Crippen molar-refractivity contribution in [2.75, 3.05) is 58.7 Å². The summed E-state index contributed by atoms with van der Waals surface area (Å²) in [6, 6.07) is 1.29. The van der Waals surface area contributed by atoms with E-state index < -0.39 is 51.2 Å². The van der Waals surface area contributed by atoms with Crippen molar-refractivity contribution in [1.82, 2.24) is 10.2 Å². The third kappa shape index (κ3) is 38.2. The Bertz CT molecular complexity index is 840. The van der Waals surface area contributed by atoms with Crippen LogP contribution >= 0.6 is 0 Å². The average Bonchev–Trinajstić information content (AvgIpc) is 2.91. The van der Waals surface area contributed by atoms with Crippen molar-refractivity contribution in [3.63, 3.8) is 0 Å². The molecule has 0 aliphatic carbocycles. The van der Waals surface area contributed by atoms with Crippen molar-refractivity contribution in [2.45, 2.75) is 171 Å². The number of nitrogens with one attached hydrogen (secondary N) is 1. The summed E-state index contributed by atoms with van der Waals surface area (Å²) in [5.41, 5.74) is 11.3. The van der Waals surface area contributed by atoms with E-state index in [1.807, 2.05) is 52.4 Å². The zero-order valence-corrected chi connectivity index (χ0v) is 34.3. The zero-order valence-electron chi connectivity index (χ0n) is 30.3. The molecule has 0 bridgehead atoms. The molecular formula is C34H103BN4O8Si6. The normalized spacial score (nSPS) is 16.7. The summed E-state index contributed by atoms with van der Waals surface area (Å²) >= 11 is 0. The van der Waals surface area contributed by atoms with Gasteiger partial charge in [0, 0.05) is 26.2 Å². The predicted octanol–water partition coefficient (Wildman–Crippen LogP) is 8.10. The van der Waals surface area contributed by atoms with E-state index in [4.69, 9.17) is 56.7 Å². The molecule has 1 heterocycles. The maximum Gasteiger partial charge on any atom is 0.487 e. The zero-order chi connectivity index (χ0) is 34.3. The third-order valence-corrected chi connectivity index (χ3v) is 26.8. The smallest absolute Gasteiger partial charge is 0.424 e. The second-order valence-electron chi connectivity index (χ2n) is 13.3. The Balaban J connectivity index is -0.000000253. The van der Waals surface area contributed by atoms with Crippen LogP contribution in [0.1, 0.15) is 106 Å². The summed E-state index contributed by atoms with van der Waals surface area (Å²) in [4.78, 5) is 12.7. The highest BCUT2D eigenvalue weighted by atomic mass is 28.5. The standard InChI is InChI=1S/C24H63BN4O8Si6.10CH4/c1-38(2,25)33-43(24-29-18-20-32-21-19-29,37-41(7,31)22-12-10-9-11-14-26)36-40(5,6)35-42(8,34-39(3,4)30)23-13-16-28-17-15-27;;;;;;;;;;/h28,30-31H,9-24,26-27H2,1-8H3;10*1H4/i30D,31D;;;;;;;;;;. The van der Waals surface area contributed by atoms with Gasteiger partial charge in [-0.15, -0.1) is 0 Å². The molecule has 3 atom stereocenters. The lowest BCUT2D eigenvalue weighted by atomic mass is 10.2. The lowest BCUT2D eigenvalue weighted by Crippen LogP contribution is -2.69. The van der Waals surface area contributed by atoms with Crippen LogP contribution in [0.3, 0.4) is 0 Å². The molecule has 334 valence electrons. The fourth-order valence-corrected chi connectivity index (χ4v) is 29.7. The number of nitrogens with two attached hydrogens (primary N) is 2. The van der Waals surface area contributed by atoms with Gasteiger partial charge in [0.1, 0.15) is 8.19 Å². The van der Waals surface area contributed by atoms with Crippen LogP contribution < -0.4 is 16.8 Å². The molecule has 1 fully saturated rings. The molecule has 1 aliphatic heterocycles. The van der Waals surface area contributed by atoms with E-state index in [-0.39, 0.29) is 74.3 Å². The molecule has 12 nitrogen and oxygen atoms in total. The van der Waals surface area contributed by atoms with Gasteiger partial charge in [0.05, 0.1) is 26.8 Å². The Morgan fingerprint density at radius 3 is 1.68 bits per heavy atom. The molecule has 1 saturated heterocycles. The Morgan fingerprint density at radius 2 is 1.21 bits per heavy atom. The lowest BCUT2D eigenvalue weighted by molar-refractivity contribution is 0.0373. The van der Waals surface area contributed by atoms with Crippen molar-refractivity contribution in [3.8, 4) is 0 Å². The van der Waals surface area contributed by atoms with E-state index in [1.165, 1.54) is 0 Å². The minimum absolute atomic E-state index is 0. The van der Waals surface area contributed by atoms with E-state index in [2.05, 4.69) is 10.2 Å². The SMILES string of the molecule is C.C.C.C.C.C.C.C.C.C.[2H]O[Si](C)(C)O[Si](C)(CCCNCCN)O[Si](C)(C)O[Si](CN1CCOCC1)(O[Si]([B])(C)C)O[Si](C)(CCCCCCN)O[2H]. The van der Waals surface area contributed by atoms with E-state index in [1.54, 1.807) is 0 Å². The summed E-state index contributed by atoms with van der Waals surface area (Å²) in [6.45, 7) is 20.7. The van der Waals surface area contributed by atoms with Crippen LogP contribution in [0.25, 0.3) is 0 Å². The van der Waals surface area contributed by atoms with Gasteiger partial charge in [0.2, 0.25) is 0 Å². The molecule has 53 heavy (non-hydrogen) atoms. The van der Waals surface area contributed by atoms with Gasteiger partial charge in [-0.1, -0.05) is 107 Å². The van der Waals surface area contributed by atoms with Gasteiger partial charge in [-0.25, -0.2) is 0 Å². The molecule has 1 aliphatic rings. The Kier molecular flexibility index (Phi) is 48.6. The molecule has 0 aromatic heterocycles. The fraction of sp³-hybridized carbons (Fsp3) is 1.00. The van der Waals surface area contributed by atoms with E-state index in [9.17, 15) is 0 Å². The molecule has 2 radical (unpaired) electrons. The molecule has 7 N–H and O–H groups in total. The first-order valence-corrected chi connectivity index (χ1v) is 31.4. The van der Waals surface area contributed by atoms with Crippen molar-refractivity contribution < 1.29 is 34.9 Å². The molecular weight excluding hydrogens is 772 g/mol. The molecule has 19 heteroatoms. The third-order valence-electron chi connectivity index (χ3n) is 6.53. The topological polar surface area (TPSA) is 163 Å². The highest BCUT2D eigenvalue weighted by Gasteiger charge is 2.56. The quantitative estimate of drug-likeness (QED) is 0.0420. The molecule has 0 aromatic carbocycles. The molecule has 3 unspecified atom stereocenters. The monoisotopic (exact) mass is 877 g/mol. The van der Waals surface area contributed by atoms with Gasteiger partial charge < -0.3 is 51.7 Å². The number of morpholine rings is 1. The Hall–Kier alpha value is 0.886. The number of hydrogen-bond donors (Lipinski definition) is 5. The van der Waals surface area contributed by atoms with Crippen LogP contribution in [-0.4, -0.2) is 135 Å². The van der Waals surface area contributed by atoms with Crippen molar-refractivity contribution >= 4 is 58.7 Å². The van der Waals surface area contributed by atoms with Crippen LogP contribution in [0.15, 0.2) is 0 Å². The minimum atomic E-state index is -3.68. The summed E-state index contributed by atoms with van der Waals surface area (Å²) < 4.78 is 55.9. The van der Waals surface area contributed by atoms with Gasteiger partial charge in [0.25, 0.3) is 0 Å². The van der Waals surface area contributed by atoms with Crippen LogP contribution in [-0.2, 0) is 25.3 Å². The second kappa shape index (κ2) is 36.0. The van der Waals surface area contributed by atoms with Crippen molar-refractivity contribution in [2.24, 2.45) is 11.5 Å². The first kappa shape index (κ1) is 71.6. The van der Waals surface area contributed by atoms with E-state index in [0.717, 1.165) is 45.2 Å². The van der Waals surface area contributed by atoms with Gasteiger partial charge in [-0.2, -0.15) is 0 Å². The summed E-state index contributed by atoms with van der Waals surface area (Å²) in [5, 5.41) is 3.33. The summed E-state index contributed by atoms with van der Waals surface area (Å²) in [7, 11) is -11.7. The molecule has 0 saturated carbocycles. The van der Waals surface area contributed by atoms with Gasteiger partial charge in [-0.05, 0) is 77.3 Å². The fourth-order valence-electron chi connectivity index (χ4n) is 5.24. The Labute approximate surface area is 346 Å². The number of rotatable bonds is 26. The minimum Gasteiger partial charge on any atom is -0.424 e. The molecule has 1 rings (SSSR count). The number of hydrogen-bond acceptors (Lipinski definition) is 12. The van der Waals surface area contributed by atoms with E-state index >= 15 is 0 Å². The highest BCUT2D eigenvalue weighted by molar-refractivity contribution is 7.14. The number of ether oxygens (including phenoxy) is 1. The van der Waals surface area contributed by atoms with Gasteiger partial charge in [0.15, 0.2) is 2.86 Å². The maximum atomic E-state index is 8.12. The molecule has 0 amide bonds. The lowest BCUT2D eigenvalue weighted by Gasteiger charge is -2.47. The second-order valence-corrected chi connectivity index (χ2v) is 33.5. The Morgan fingerprint density at radius 1 is 0.660 bits per heavy atom. The summed E-state index contributed by atoms with van der Waals surface area (Å²) in [6.07, 6.45) is 5.02. The first-order chi connectivity index (χ1) is 20.9. The number of unbranched alkanes of at least 4 members (excludes halogenated alkanes) is 3. The highest BCUT2D eigenvalue weighted by Crippen LogP contribution is 2.31. The van der Waals surface area contributed by atoms with Crippen LogP contribution in [0.2, 0.25) is 64.5 Å². The summed E-state index contributed by atoms with van der Waals surface area (Å²) in [5.74, 6) is 0.